The van der Waals surface area contributed by atoms with Crippen LogP contribution in [-0.4, -0.2) is 21.9 Å². The van der Waals surface area contributed by atoms with Gasteiger partial charge in [-0.15, -0.1) is 0 Å². The molecule has 0 fully saturated rings. The highest BCUT2D eigenvalue weighted by molar-refractivity contribution is 5.89. The van der Waals surface area contributed by atoms with Gasteiger partial charge in [-0.1, -0.05) is 30.3 Å². The van der Waals surface area contributed by atoms with E-state index in [9.17, 15) is 15.0 Å². The molecule has 0 radical (unpaired) electrons. The van der Waals surface area contributed by atoms with Gasteiger partial charge in [-0.05, 0) is 0 Å². The summed E-state index contributed by atoms with van der Waals surface area (Å²) >= 11 is 0. The number of hydrogen-bond acceptors (Lipinski definition) is 5. The minimum atomic E-state index is -0.406. The lowest BCUT2D eigenvalue weighted by Gasteiger charge is -2.10. The van der Waals surface area contributed by atoms with Crippen LogP contribution in [-0.2, 0) is 6.42 Å². The summed E-state index contributed by atoms with van der Waals surface area (Å²) in [7, 11) is 0. The Morgan fingerprint density at radius 2 is 1.73 bits per heavy atom. The van der Waals surface area contributed by atoms with E-state index in [0.29, 0.717) is 16.9 Å². The van der Waals surface area contributed by atoms with E-state index < -0.39 is 5.43 Å². The zero-order valence-corrected chi connectivity index (χ0v) is 11.6. The predicted molar refractivity (Wildman–Crippen MR) is 82.0 cm³/mol. The number of hydrogen-bond donors (Lipinski definition) is 3. The molecular weight excluding hydrogens is 284 g/mol. The van der Waals surface area contributed by atoms with Crippen molar-refractivity contribution in [3.63, 3.8) is 0 Å². The van der Waals surface area contributed by atoms with Gasteiger partial charge in [-0.3, -0.25) is 4.79 Å². The van der Waals surface area contributed by atoms with E-state index in [1.807, 2.05) is 18.2 Å². The average Bonchev–Trinajstić information content (AvgIpc) is 2.51. The lowest BCUT2D eigenvalue weighted by Crippen LogP contribution is -2.04. The minimum Gasteiger partial charge on any atom is -0.507 e. The minimum absolute atomic E-state index is 0.000862. The van der Waals surface area contributed by atoms with Crippen molar-refractivity contribution in [2.75, 3.05) is 6.61 Å². The third-order valence-electron chi connectivity index (χ3n) is 3.48. The molecule has 0 atom stereocenters. The molecule has 0 saturated heterocycles. The second kappa shape index (κ2) is 5.54. The van der Waals surface area contributed by atoms with Crippen molar-refractivity contribution < 1.29 is 19.7 Å². The molecule has 0 aliphatic rings. The van der Waals surface area contributed by atoms with Gasteiger partial charge < -0.3 is 19.7 Å². The van der Waals surface area contributed by atoms with Crippen LogP contribution in [0.25, 0.3) is 22.3 Å². The van der Waals surface area contributed by atoms with Crippen LogP contribution < -0.4 is 5.43 Å². The van der Waals surface area contributed by atoms with E-state index in [1.54, 1.807) is 12.1 Å². The standard InChI is InChI=1S/C17H14O5/c18-7-6-11-12(19)8-13(20)16-14(21)9-15(22-17(11)16)10-4-2-1-3-5-10/h1-5,8-9,18-20H,6-7H2. The third kappa shape index (κ3) is 2.31. The summed E-state index contributed by atoms with van der Waals surface area (Å²) < 4.78 is 5.74. The molecule has 0 saturated carbocycles. The lowest BCUT2D eigenvalue weighted by atomic mass is 10.0. The van der Waals surface area contributed by atoms with E-state index in [0.717, 1.165) is 6.07 Å². The highest BCUT2D eigenvalue weighted by Gasteiger charge is 2.17. The smallest absolute Gasteiger partial charge is 0.197 e. The Hall–Kier alpha value is -2.79. The van der Waals surface area contributed by atoms with Gasteiger partial charge in [0, 0.05) is 36.3 Å². The van der Waals surface area contributed by atoms with Crippen LogP contribution in [0.5, 0.6) is 11.5 Å². The van der Waals surface area contributed by atoms with Gasteiger partial charge in [0.2, 0.25) is 0 Å². The molecule has 0 bridgehead atoms. The van der Waals surface area contributed by atoms with E-state index in [-0.39, 0.29) is 35.5 Å². The van der Waals surface area contributed by atoms with Gasteiger partial charge in [0.1, 0.15) is 28.2 Å². The van der Waals surface area contributed by atoms with Gasteiger partial charge >= 0.3 is 0 Å². The predicted octanol–water partition coefficient (Wildman–Crippen LogP) is 2.41. The van der Waals surface area contributed by atoms with Crippen LogP contribution in [0.3, 0.4) is 0 Å². The molecule has 22 heavy (non-hydrogen) atoms. The molecule has 0 amide bonds. The molecule has 3 rings (SSSR count). The Labute approximate surface area is 125 Å². The Morgan fingerprint density at radius 1 is 1.00 bits per heavy atom. The van der Waals surface area contributed by atoms with E-state index in [2.05, 4.69) is 0 Å². The fourth-order valence-corrected chi connectivity index (χ4v) is 2.45. The first-order chi connectivity index (χ1) is 10.6. The number of fused-ring (bicyclic) bond motifs is 1. The van der Waals surface area contributed by atoms with Gasteiger partial charge in [0.05, 0.1) is 0 Å². The molecular formula is C17H14O5. The molecule has 0 aliphatic carbocycles. The van der Waals surface area contributed by atoms with Crippen LogP contribution in [0.2, 0.25) is 0 Å². The number of phenolic OH excluding ortho intramolecular Hbond substituents is 2. The summed E-state index contributed by atoms with van der Waals surface area (Å²) in [5.74, 6) is -0.225. The van der Waals surface area contributed by atoms with Crippen LogP contribution in [0.1, 0.15) is 5.56 Å². The first kappa shape index (κ1) is 14.2. The molecule has 3 N–H and O–H groups in total. The normalized spacial score (nSPS) is 11.0. The second-order valence-electron chi connectivity index (χ2n) is 4.91. The van der Waals surface area contributed by atoms with Crippen molar-refractivity contribution >= 4 is 11.0 Å². The Morgan fingerprint density at radius 3 is 2.41 bits per heavy atom. The van der Waals surface area contributed by atoms with Gasteiger partial charge in [-0.25, -0.2) is 0 Å². The Bertz CT molecular complexity index is 881. The monoisotopic (exact) mass is 298 g/mol. The number of phenols is 2. The summed E-state index contributed by atoms with van der Waals surface area (Å²) in [4.78, 5) is 12.3. The number of aliphatic hydroxyl groups is 1. The van der Waals surface area contributed by atoms with Crippen molar-refractivity contribution in [2.24, 2.45) is 0 Å². The molecule has 1 aromatic heterocycles. The zero-order valence-electron chi connectivity index (χ0n) is 11.6. The zero-order chi connectivity index (χ0) is 15.7. The highest BCUT2D eigenvalue weighted by atomic mass is 16.3. The second-order valence-corrected chi connectivity index (χ2v) is 4.91. The molecule has 5 heteroatoms. The van der Waals surface area contributed by atoms with Gasteiger partial charge in [0.25, 0.3) is 0 Å². The molecule has 0 spiro atoms. The largest absolute Gasteiger partial charge is 0.507 e. The number of aromatic hydroxyl groups is 2. The maximum Gasteiger partial charge on any atom is 0.197 e. The third-order valence-corrected chi connectivity index (χ3v) is 3.48. The van der Waals surface area contributed by atoms with Crippen LogP contribution in [0.4, 0.5) is 0 Å². The van der Waals surface area contributed by atoms with E-state index in [1.165, 1.54) is 6.07 Å². The first-order valence-electron chi connectivity index (χ1n) is 6.79. The van der Waals surface area contributed by atoms with Crippen molar-refractivity contribution in [3.05, 3.63) is 58.3 Å². The molecule has 3 aromatic rings. The summed E-state index contributed by atoms with van der Waals surface area (Å²) in [6, 6.07) is 11.4. The highest BCUT2D eigenvalue weighted by Crippen LogP contribution is 2.35. The van der Waals surface area contributed by atoms with Crippen molar-refractivity contribution in [2.45, 2.75) is 6.42 Å². The number of benzene rings is 2. The summed E-state index contributed by atoms with van der Waals surface area (Å²) in [6.07, 6.45) is 0.115. The summed E-state index contributed by atoms with van der Waals surface area (Å²) in [5.41, 5.74) is 0.694. The molecule has 1 heterocycles. The van der Waals surface area contributed by atoms with Crippen LogP contribution in [0, 0.1) is 0 Å². The molecule has 2 aromatic carbocycles. The van der Waals surface area contributed by atoms with Gasteiger partial charge in [-0.2, -0.15) is 0 Å². The summed E-state index contributed by atoms with van der Waals surface area (Å²) in [6.45, 7) is -0.216. The number of rotatable bonds is 3. The van der Waals surface area contributed by atoms with Crippen LogP contribution >= 0.6 is 0 Å². The summed E-state index contributed by atoms with van der Waals surface area (Å²) in [5, 5.41) is 29.0. The molecule has 5 nitrogen and oxygen atoms in total. The van der Waals surface area contributed by atoms with Crippen molar-refractivity contribution in [1.82, 2.24) is 0 Å². The molecule has 0 aliphatic heterocycles. The first-order valence-corrected chi connectivity index (χ1v) is 6.79. The van der Waals surface area contributed by atoms with Crippen molar-refractivity contribution in [3.8, 4) is 22.8 Å². The molecule has 0 unspecified atom stereocenters. The fourth-order valence-electron chi connectivity index (χ4n) is 2.45. The van der Waals surface area contributed by atoms with E-state index >= 15 is 0 Å². The molecule has 112 valence electrons. The van der Waals surface area contributed by atoms with Crippen LogP contribution in [0.15, 0.2) is 51.7 Å². The average molecular weight is 298 g/mol. The SMILES string of the molecule is O=c1cc(-c2ccccc2)oc2c(CCO)c(O)cc(O)c12. The lowest BCUT2D eigenvalue weighted by molar-refractivity contribution is 0.297. The maximum atomic E-state index is 12.3. The fraction of sp³-hybridized carbons (Fsp3) is 0.118. The van der Waals surface area contributed by atoms with E-state index in [4.69, 9.17) is 9.52 Å². The van der Waals surface area contributed by atoms with Gasteiger partial charge in [0.15, 0.2) is 5.43 Å². The Kier molecular flexibility index (Phi) is 3.56. The number of aliphatic hydroxyl groups excluding tert-OH is 1. The Balaban J connectivity index is 2.37. The maximum absolute atomic E-state index is 12.3. The topological polar surface area (TPSA) is 90.9 Å². The quantitative estimate of drug-likeness (QED) is 0.690. The van der Waals surface area contributed by atoms with Crippen molar-refractivity contribution in [1.29, 1.82) is 0 Å².